The fraction of sp³-hybridized carbons (Fsp3) is 0.200. The second-order valence-electron chi connectivity index (χ2n) is 4.72. The quantitative estimate of drug-likeness (QED) is 0.787. The van der Waals surface area contributed by atoms with E-state index in [-0.39, 0.29) is 5.02 Å². The van der Waals surface area contributed by atoms with Crippen molar-refractivity contribution in [2.24, 2.45) is 5.73 Å². The molecule has 0 aliphatic rings. The van der Waals surface area contributed by atoms with Crippen LogP contribution in [0.3, 0.4) is 0 Å². The molecule has 1 atom stereocenters. The highest BCUT2D eigenvalue weighted by Crippen LogP contribution is 2.33. The highest BCUT2D eigenvalue weighted by atomic mass is 35.5. The molecular formula is C15H12ClF4N. The second-order valence-corrected chi connectivity index (χ2v) is 5.13. The van der Waals surface area contributed by atoms with E-state index >= 15 is 0 Å². The zero-order chi connectivity index (χ0) is 15.8. The molecule has 0 radical (unpaired) electrons. The van der Waals surface area contributed by atoms with E-state index in [0.29, 0.717) is 16.7 Å². The normalized spacial score (nSPS) is 13.3. The first-order valence-corrected chi connectivity index (χ1v) is 6.46. The molecular weight excluding hydrogens is 306 g/mol. The molecule has 6 heteroatoms. The van der Waals surface area contributed by atoms with Crippen molar-refractivity contribution in [3.63, 3.8) is 0 Å². The molecule has 2 N–H and O–H groups in total. The minimum atomic E-state index is -4.40. The van der Waals surface area contributed by atoms with Gasteiger partial charge in [0.2, 0.25) is 0 Å². The Morgan fingerprint density at radius 2 is 1.76 bits per heavy atom. The number of halogens is 5. The molecule has 0 aromatic heterocycles. The van der Waals surface area contributed by atoms with Gasteiger partial charge in [0.25, 0.3) is 0 Å². The number of hydrogen-bond acceptors (Lipinski definition) is 1. The Morgan fingerprint density at radius 3 is 2.29 bits per heavy atom. The van der Waals surface area contributed by atoms with Crippen molar-refractivity contribution in [3.8, 4) is 0 Å². The van der Waals surface area contributed by atoms with Crippen molar-refractivity contribution in [2.75, 3.05) is 0 Å². The summed E-state index contributed by atoms with van der Waals surface area (Å²) in [4.78, 5) is 0. The second kappa shape index (κ2) is 5.66. The molecule has 0 saturated carbocycles. The average Bonchev–Trinajstić information content (AvgIpc) is 2.40. The monoisotopic (exact) mass is 317 g/mol. The number of alkyl halides is 3. The van der Waals surface area contributed by atoms with E-state index in [1.54, 1.807) is 6.92 Å². The molecule has 0 saturated heterocycles. The van der Waals surface area contributed by atoms with Crippen LogP contribution in [0, 0.1) is 12.7 Å². The summed E-state index contributed by atoms with van der Waals surface area (Å²) in [6, 6.07) is 6.69. The van der Waals surface area contributed by atoms with Crippen LogP contribution < -0.4 is 5.73 Å². The topological polar surface area (TPSA) is 26.0 Å². The van der Waals surface area contributed by atoms with E-state index in [1.807, 2.05) is 0 Å². The molecule has 1 unspecified atom stereocenters. The average molecular weight is 318 g/mol. The minimum absolute atomic E-state index is 0.0764. The van der Waals surface area contributed by atoms with E-state index in [1.165, 1.54) is 24.3 Å². The summed E-state index contributed by atoms with van der Waals surface area (Å²) in [5.41, 5.74) is 6.78. The van der Waals surface area contributed by atoms with Crippen molar-refractivity contribution >= 4 is 11.6 Å². The lowest BCUT2D eigenvalue weighted by atomic mass is 9.94. The molecule has 112 valence electrons. The molecule has 0 fully saturated rings. The first-order chi connectivity index (χ1) is 9.70. The SMILES string of the molecule is Cc1cc(C(F)(F)F)ccc1C(N)c1ccc(F)c(Cl)c1. The summed E-state index contributed by atoms with van der Waals surface area (Å²) in [6.07, 6.45) is -4.40. The van der Waals surface area contributed by atoms with Gasteiger partial charge in [0.15, 0.2) is 0 Å². The molecule has 0 bridgehead atoms. The van der Waals surface area contributed by atoms with E-state index in [0.717, 1.165) is 12.1 Å². The van der Waals surface area contributed by atoms with Gasteiger partial charge in [-0.2, -0.15) is 13.2 Å². The Balaban J connectivity index is 2.39. The van der Waals surface area contributed by atoms with Crippen LogP contribution in [-0.2, 0) is 6.18 Å². The van der Waals surface area contributed by atoms with Gasteiger partial charge in [-0.25, -0.2) is 4.39 Å². The number of benzene rings is 2. The first kappa shape index (κ1) is 15.8. The van der Waals surface area contributed by atoms with Crippen molar-refractivity contribution in [1.82, 2.24) is 0 Å². The van der Waals surface area contributed by atoms with E-state index < -0.39 is 23.6 Å². The largest absolute Gasteiger partial charge is 0.416 e. The van der Waals surface area contributed by atoms with Crippen LogP contribution in [-0.4, -0.2) is 0 Å². The highest BCUT2D eigenvalue weighted by Gasteiger charge is 2.31. The van der Waals surface area contributed by atoms with Crippen molar-refractivity contribution < 1.29 is 17.6 Å². The van der Waals surface area contributed by atoms with Crippen LogP contribution in [0.15, 0.2) is 36.4 Å². The molecule has 2 aromatic carbocycles. The number of nitrogens with two attached hydrogens (primary N) is 1. The smallest absolute Gasteiger partial charge is 0.320 e. The third kappa shape index (κ3) is 3.36. The fourth-order valence-electron chi connectivity index (χ4n) is 2.09. The van der Waals surface area contributed by atoms with Gasteiger partial charge in [-0.05, 0) is 47.9 Å². The van der Waals surface area contributed by atoms with Gasteiger partial charge >= 0.3 is 6.18 Å². The summed E-state index contributed by atoms with van der Waals surface area (Å²) < 4.78 is 51.0. The third-order valence-corrected chi connectivity index (χ3v) is 3.52. The van der Waals surface area contributed by atoms with Gasteiger partial charge in [-0.1, -0.05) is 23.7 Å². The molecule has 0 aliphatic heterocycles. The molecule has 0 amide bonds. The van der Waals surface area contributed by atoms with Crippen LogP contribution in [0.25, 0.3) is 0 Å². The standard InChI is InChI=1S/C15H12ClF4N/c1-8-6-10(15(18,19)20)3-4-11(8)14(21)9-2-5-13(17)12(16)7-9/h2-7,14H,21H2,1H3. The molecule has 1 nitrogen and oxygen atoms in total. The van der Waals surface area contributed by atoms with Gasteiger partial charge in [-0.15, -0.1) is 0 Å². The third-order valence-electron chi connectivity index (χ3n) is 3.23. The van der Waals surface area contributed by atoms with Gasteiger partial charge < -0.3 is 5.73 Å². The summed E-state index contributed by atoms with van der Waals surface area (Å²) in [6.45, 7) is 1.55. The summed E-state index contributed by atoms with van der Waals surface area (Å²) >= 11 is 5.69. The molecule has 2 aromatic rings. The number of aryl methyl sites for hydroxylation is 1. The van der Waals surface area contributed by atoms with Gasteiger partial charge in [0, 0.05) is 0 Å². The Labute approximate surface area is 124 Å². The van der Waals surface area contributed by atoms with Crippen molar-refractivity contribution in [3.05, 3.63) is 69.5 Å². The Morgan fingerprint density at radius 1 is 1.10 bits per heavy atom. The van der Waals surface area contributed by atoms with Gasteiger partial charge in [0.05, 0.1) is 16.6 Å². The minimum Gasteiger partial charge on any atom is -0.320 e. The molecule has 0 heterocycles. The van der Waals surface area contributed by atoms with Crippen LogP contribution >= 0.6 is 11.6 Å². The summed E-state index contributed by atoms with van der Waals surface area (Å²) in [5, 5.41) is -0.0764. The molecule has 0 spiro atoms. The number of hydrogen-bond donors (Lipinski definition) is 1. The maximum absolute atomic E-state index is 13.1. The lowest BCUT2D eigenvalue weighted by Crippen LogP contribution is -2.14. The zero-order valence-electron chi connectivity index (χ0n) is 11.0. The van der Waals surface area contributed by atoms with Crippen molar-refractivity contribution in [2.45, 2.75) is 19.1 Å². The predicted octanol–water partition coefficient (Wildman–Crippen LogP) is 4.85. The fourth-order valence-corrected chi connectivity index (χ4v) is 2.28. The maximum atomic E-state index is 13.1. The Bertz CT molecular complexity index is 667. The van der Waals surface area contributed by atoms with Crippen LogP contribution in [0.5, 0.6) is 0 Å². The number of rotatable bonds is 2. The lowest BCUT2D eigenvalue weighted by Gasteiger charge is -2.17. The highest BCUT2D eigenvalue weighted by molar-refractivity contribution is 6.30. The first-order valence-electron chi connectivity index (χ1n) is 6.08. The van der Waals surface area contributed by atoms with Gasteiger partial charge in [0.1, 0.15) is 5.82 Å². The lowest BCUT2D eigenvalue weighted by molar-refractivity contribution is -0.137. The van der Waals surface area contributed by atoms with Gasteiger partial charge in [-0.3, -0.25) is 0 Å². The van der Waals surface area contributed by atoms with Crippen LogP contribution in [0.2, 0.25) is 5.02 Å². The van der Waals surface area contributed by atoms with Crippen LogP contribution in [0.1, 0.15) is 28.3 Å². The summed E-state index contributed by atoms with van der Waals surface area (Å²) in [5.74, 6) is -0.572. The zero-order valence-corrected chi connectivity index (χ0v) is 11.8. The van der Waals surface area contributed by atoms with E-state index in [9.17, 15) is 17.6 Å². The maximum Gasteiger partial charge on any atom is 0.416 e. The predicted molar refractivity (Wildman–Crippen MR) is 73.6 cm³/mol. The Kier molecular flexibility index (Phi) is 4.25. The van der Waals surface area contributed by atoms with E-state index in [4.69, 9.17) is 17.3 Å². The summed E-state index contributed by atoms with van der Waals surface area (Å²) in [7, 11) is 0. The molecule has 21 heavy (non-hydrogen) atoms. The molecule has 0 aliphatic carbocycles. The Hall–Kier alpha value is -1.59. The molecule has 2 rings (SSSR count). The van der Waals surface area contributed by atoms with Crippen molar-refractivity contribution in [1.29, 1.82) is 0 Å². The van der Waals surface area contributed by atoms with E-state index in [2.05, 4.69) is 0 Å². The van der Waals surface area contributed by atoms with Crippen LogP contribution in [0.4, 0.5) is 17.6 Å².